The summed E-state index contributed by atoms with van der Waals surface area (Å²) in [7, 11) is 0.248. The van der Waals surface area contributed by atoms with Crippen LogP contribution in [0.2, 0.25) is 12.6 Å². The number of hydrogen-bond donors (Lipinski definition) is 0. The summed E-state index contributed by atoms with van der Waals surface area (Å²) in [6.45, 7) is 12.5. The summed E-state index contributed by atoms with van der Waals surface area (Å²) >= 11 is 1.61. The predicted octanol–water partition coefficient (Wildman–Crippen LogP) is 4.38. The van der Waals surface area contributed by atoms with Crippen molar-refractivity contribution >= 4 is 13.8 Å². The normalized spacial score (nSPS) is 21.9. The van der Waals surface area contributed by atoms with E-state index in [1.165, 1.54) is 47.7 Å². The van der Waals surface area contributed by atoms with Gasteiger partial charge in [0.25, 0.3) is 0 Å². The summed E-state index contributed by atoms with van der Waals surface area (Å²) in [5.74, 6) is 0.491. The van der Waals surface area contributed by atoms with E-state index in [0.717, 1.165) is 13.0 Å². The second kappa shape index (κ2) is 13.9. The Morgan fingerprint density at radius 3 is 1.98 bits per heavy atom. The molecule has 4 atom stereocenters. The van der Waals surface area contributed by atoms with Gasteiger partial charge in [-0.3, -0.25) is 0 Å². The fourth-order valence-corrected chi connectivity index (χ4v) is 17.4. The number of ether oxygens (including phenoxy) is 1. The second-order valence-electron chi connectivity index (χ2n) is 15.2. The Morgan fingerprint density at radius 2 is 1.34 bits per heavy atom. The summed E-state index contributed by atoms with van der Waals surface area (Å²) < 4.78 is 6.12. The van der Waals surface area contributed by atoms with Gasteiger partial charge in [0.15, 0.2) is 0 Å². The van der Waals surface area contributed by atoms with E-state index in [9.17, 15) is 0 Å². The van der Waals surface area contributed by atoms with E-state index in [-0.39, 0.29) is 33.7 Å². The third-order valence-electron chi connectivity index (χ3n) is 11.2. The first-order chi connectivity index (χ1) is 21.6. The Bertz CT molecular complexity index is 1690. The van der Waals surface area contributed by atoms with Gasteiger partial charge in [0.1, 0.15) is 0 Å². The molecule has 0 spiro atoms. The van der Waals surface area contributed by atoms with Gasteiger partial charge in [0.2, 0.25) is 0 Å². The fraction of sp³-hybridized carbons (Fsp3) is 0.415. The summed E-state index contributed by atoms with van der Waals surface area (Å²) in [5, 5.41) is 0. The fourth-order valence-electron chi connectivity index (χ4n) is 9.34. The van der Waals surface area contributed by atoms with Crippen LogP contribution in [0.25, 0.3) is 11.1 Å². The van der Waals surface area contributed by atoms with Gasteiger partial charge in [0, 0.05) is 0 Å². The smallest absolute Gasteiger partial charge is 1.00 e. The minimum absolute atomic E-state index is 0. The van der Waals surface area contributed by atoms with Crippen molar-refractivity contribution in [3.8, 4) is 11.1 Å². The van der Waals surface area contributed by atoms with Crippen LogP contribution < -0.4 is 29.7 Å². The van der Waals surface area contributed by atoms with Crippen LogP contribution in [0.5, 0.6) is 0 Å². The van der Waals surface area contributed by atoms with Gasteiger partial charge in [-0.05, 0) is 20.8 Å². The molecular formula is C41H48Cl2NOSiZr. The van der Waals surface area contributed by atoms with Crippen LogP contribution in [0.15, 0.2) is 91.0 Å². The predicted molar refractivity (Wildman–Crippen MR) is 188 cm³/mol. The molecule has 0 amide bonds. The molecule has 0 aromatic heterocycles. The third-order valence-corrected chi connectivity index (χ3v) is 18.9. The van der Waals surface area contributed by atoms with Crippen molar-refractivity contribution in [1.82, 2.24) is 0 Å². The van der Waals surface area contributed by atoms with E-state index in [4.69, 9.17) is 4.74 Å². The van der Waals surface area contributed by atoms with Crippen molar-refractivity contribution in [3.05, 3.63) is 124 Å². The molecule has 7 rings (SSSR count). The Hall–Kier alpha value is -1.68. The minimum atomic E-state index is -2.13. The Balaban J connectivity index is 0.00000217. The van der Waals surface area contributed by atoms with Crippen LogP contribution in [-0.2, 0) is 32.7 Å². The summed E-state index contributed by atoms with van der Waals surface area (Å²) in [6.07, 6.45) is 4.98. The quantitative estimate of drug-likeness (QED) is 0.186. The Labute approximate surface area is 311 Å². The van der Waals surface area contributed by atoms with Gasteiger partial charge < -0.3 is 24.8 Å². The van der Waals surface area contributed by atoms with Crippen molar-refractivity contribution in [3.63, 3.8) is 0 Å². The van der Waals surface area contributed by atoms with Crippen LogP contribution in [-0.4, -0.2) is 27.3 Å². The topological polar surface area (TPSA) is 12.5 Å². The monoisotopic (exact) mass is 758 g/mol. The van der Waals surface area contributed by atoms with Crippen molar-refractivity contribution in [2.45, 2.75) is 91.8 Å². The number of halogens is 2. The molecule has 1 aliphatic heterocycles. The van der Waals surface area contributed by atoms with Crippen molar-refractivity contribution in [2.24, 2.45) is 0 Å². The standard InChI is InChI=1S/C41H48NOSi.2ClH.Zr/c1-28-23-24-36-35(27-28)37-38(42(36)5)31-19-11-14-22-34(31)40(37)44(6,26-16-8-7-15-25-43-41(2,3)4)39-32-20-12-9-17-29(32)30-18-10-13-21-33(30)39;;;/h9-14,17-24,27,37,39-40H,7-8,15-16,25-26H2,1-6H3;2*1H;/q;;;+2/p-2. The van der Waals surface area contributed by atoms with Gasteiger partial charge in [-0.1, -0.05) is 0 Å². The summed E-state index contributed by atoms with van der Waals surface area (Å²) in [6, 6.07) is 37.0. The van der Waals surface area contributed by atoms with Gasteiger partial charge in [-0.2, -0.15) is 0 Å². The molecule has 4 unspecified atom stereocenters. The molecule has 0 N–H and O–H groups in total. The van der Waals surface area contributed by atoms with Crippen LogP contribution in [0.3, 0.4) is 0 Å². The number of benzene rings is 4. The van der Waals surface area contributed by atoms with E-state index < -0.39 is 8.07 Å². The number of likely N-dealkylation sites (N-methyl/N-ethyl adjacent to an activating group) is 1. The number of hydrogen-bond acceptors (Lipinski definition) is 2. The largest absolute Gasteiger partial charge is 1.00 e. The minimum Gasteiger partial charge on any atom is -1.00 e. The number of anilines is 1. The molecule has 3 aliphatic rings. The van der Waals surface area contributed by atoms with Crippen molar-refractivity contribution in [1.29, 1.82) is 0 Å². The molecule has 47 heavy (non-hydrogen) atoms. The van der Waals surface area contributed by atoms with Gasteiger partial charge in [-0.25, -0.2) is 0 Å². The molecule has 2 aliphatic carbocycles. The maximum atomic E-state index is 6.07. The van der Waals surface area contributed by atoms with Gasteiger partial charge >= 0.3 is 268 Å². The van der Waals surface area contributed by atoms with Crippen LogP contribution in [0, 0.1) is 6.92 Å². The van der Waals surface area contributed by atoms with Gasteiger partial charge in [0.05, 0.1) is 0 Å². The molecule has 4 aromatic carbocycles. The molecule has 0 saturated heterocycles. The number of rotatable bonds is 9. The molecule has 1 heterocycles. The molecule has 6 heteroatoms. The van der Waals surface area contributed by atoms with Crippen molar-refractivity contribution in [2.75, 3.05) is 18.6 Å². The summed E-state index contributed by atoms with van der Waals surface area (Å²) in [5.41, 5.74) is 14.8. The van der Waals surface area contributed by atoms with E-state index in [1.54, 1.807) is 52.5 Å². The first-order valence-electron chi connectivity index (χ1n) is 17.1. The number of nitrogens with zero attached hydrogens (tertiary/aromatic N) is 1. The van der Waals surface area contributed by atoms with Crippen LogP contribution >= 0.6 is 0 Å². The third kappa shape index (κ3) is 6.07. The molecule has 0 radical (unpaired) electrons. The zero-order valence-electron chi connectivity index (χ0n) is 28.7. The van der Waals surface area contributed by atoms with E-state index in [1.807, 2.05) is 0 Å². The molecule has 0 saturated carbocycles. The summed E-state index contributed by atoms with van der Waals surface area (Å²) in [4.78, 5) is 2.67. The molecule has 2 nitrogen and oxygen atoms in total. The SMILES string of the molecule is Cc1ccc2c(c1)C1C([Si](C)(CCCCCCOC(C)(C)C)C3c4ccccc4-c4ccccc43)c3ccccc3[C]1([Zr+2])N2C.[Cl-].[Cl-]. The second-order valence-corrected chi connectivity index (χ2v) is 21.8. The maximum Gasteiger partial charge on any atom is -1.00 e. The first kappa shape index (κ1) is 36.6. The van der Waals surface area contributed by atoms with Crippen molar-refractivity contribution < 1.29 is 54.3 Å². The maximum absolute atomic E-state index is 6.07. The van der Waals surface area contributed by atoms with E-state index in [0.29, 0.717) is 17.0 Å². The number of fused-ring (bicyclic) bond motifs is 8. The molecule has 0 fully saturated rings. The average molecular weight is 761 g/mol. The van der Waals surface area contributed by atoms with Gasteiger partial charge in [-0.15, -0.1) is 0 Å². The molecule has 245 valence electrons. The molecular weight excluding hydrogens is 713 g/mol. The average Bonchev–Trinajstić information content (AvgIpc) is 3.58. The Morgan fingerprint density at radius 1 is 0.766 bits per heavy atom. The zero-order valence-corrected chi connectivity index (χ0v) is 33.7. The zero-order chi connectivity index (χ0) is 31.6. The number of aryl methyl sites for hydroxylation is 1. The first-order valence-corrected chi connectivity index (χ1v) is 21.2. The van der Waals surface area contributed by atoms with Crippen LogP contribution in [0.4, 0.5) is 5.69 Å². The number of unbranched alkanes of at least 4 members (excludes halogenated alkanes) is 3. The Kier molecular flexibility index (Phi) is 10.8. The molecule has 4 aromatic rings. The van der Waals surface area contributed by atoms with E-state index >= 15 is 0 Å². The molecule has 0 bridgehead atoms. The van der Waals surface area contributed by atoms with E-state index in [2.05, 4.69) is 137 Å². The van der Waals surface area contributed by atoms with Crippen LogP contribution in [0.1, 0.15) is 96.8 Å².